The number of hydrogen-bond donors (Lipinski definition) is 0. The van der Waals surface area contributed by atoms with E-state index in [1.807, 2.05) is 72.7 Å². The first-order valence-electron chi connectivity index (χ1n) is 11.3. The molecule has 6 nitrogen and oxygen atoms in total. The summed E-state index contributed by atoms with van der Waals surface area (Å²) in [4.78, 5) is 26.7. The largest absolute Gasteiger partial charge is 0.494 e. The number of nitrogens with zero attached hydrogens (tertiary/aromatic N) is 1. The fraction of sp³-hybridized carbons (Fsp3) is 0.615. The summed E-state index contributed by atoms with van der Waals surface area (Å²) in [6.07, 6.45) is 1.43. The molecule has 32 heavy (non-hydrogen) atoms. The van der Waals surface area contributed by atoms with Gasteiger partial charge in [-0.2, -0.15) is 0 Å². The molecule has 0 heterocycles. The van der Waals surface area contributed by atoms with E-state index in [9.17, 15) is 9.59 Å². The molecule has 0 aliphatic carbocycles. The van der Waals surface area contributed by atoms with Gasteiger partial charge >= 0.3 is 12.1 Å². The monoisotopic (exact) mass is 447 g/mol. The summed E-state index contributed by atoms with van der Waals surface area (Å²) in [5, 5.41) is 0. The summed E-state index contributed by atoms with van der Waals surface area (Å²) in [5.74, 6) is 0.0606. The number of benzene rings is 1. The van der Waals surface area contributed by atoms with Crippen LogP contribution < -0.4 is 0 Å². The molecule has 1 atom stereocenters. The Morgan fingerprint density at radius 1 is 1.06 bits per heavy atom. The van der Waals surface area contributed by atoms with Crippen molar-refractivity contribution in [3.05, 3.63) is 42.0 Å². The van der Waals surface area contributed by atoms with Crippen LogP contribution in [0, 0.1) is 5.92 Å². The van der Waals surface area contributed by atoms with Crippen LogP contribution in [0.25, 0.3) is 5.76 Å². The van der Waals surface area contributed by atoms with Gasteiger partial charge in [0, 0.05) is 19.2 Å². The van der Waals surface area contributed by atoms with E-state index in [2.05, 4.69) is 6.58 Å². The van der Waals surface area contributed by atoms with Crippen molar-refractivity contribution in [2.24, 2.45) is 5.92 Å². The highest BCUT2D eigenvalue weighted by molar-refractivity contribution is 5.73. The van der Waals surface area contributed by atoms with Gasteiger partial charge in [0.1, 0.15) is 17.0 Å². The average molecular weight is 448 g/mol. The van der Waals surface area contributed by atoms with Gasteiger partial charge in [0.25, 0.3) is 0 Å². The molecule has 0 spiro atoms. The Kier molecular flexibility index (Phi) is 10.3. The van der Waals surface area contributed by atoms with Crippen molar-refractivity contribution in [3.8, 4) is 0 Å². The number of amides is 1. The fourth-order valence-corrected chi connectivity index (χ4v) is 3.11. The minimum atomic E-state index is -0.562. The van der Waals surface area contributed by atoms with Crippen LogP contribution in [0.3, 0.4) is 0 Å². The first kappa shape index (κ1) is 27.5. The average Bonchev–Trinajstić information content (AvgIpc) is 2.64. The Balaban J connectivity index is 2.86. The van der Waals surface area contributed by atoms with E-state index in [-0.39, 0.29) is 18.0 Å². The molecule has 0 aliphatic heterocycles. The smallest absolute Gasteiger partial charge is 0.410 e. The molecule has 0 bridgehead atoms. The van der Waals surface area contributed by atoms with Gasteiger partial charge in [0.05, 0.1) is 12.5 Å². The molecule has 1 aromatic rings. The van der Waals surface area contributed by atoms with Gasteiger partial charge < -0.3 is 19.1 Å². The fourth-order valence-electron chi connectivity index (χ4n) is 3.11. The van der Waals surface area contributed by atoms with Crippen molar-refractivity contribution in [3.63, 3.8) is 0 Å². The topological polar surface area (TPSA) is 65.1 Å². The van der Waals surface area contributed by atoms with Crippen molar-refractivity contribution >= 4 is 17.8 Å². The molecule has 6 heteroatoms. The third-order valence-electron chi connectivity index (χ3n) is 4.54. The number of ether oxygens (including phenoxy) is 3. The van der Waals surface area contributed by atoms with Crippen molar-refractivity contribution < 1.29 is 23.8 Å². The summed E-state index contributed by atoms with van der Waals surface area (Å²) in [5.41, 5.74) is 0.811. The third kappa shape index (κ3) is 10.7. The summed E-state index contributed by atoms with van der Waals surface area (Å²) < 4.78 is 16.6. The van der Waals surface area contributed by atoms with E-state index in [0.717, 1.165) is 11.1 Å². The number of carbonyl (C=O) groups excluding carboxylic acids is 2. The van der Waals surface area contributed by atoms with Gasteiger partial charge in [0.15, 0.2) is 0 Å². The maximum Gasteiger partial charge on any atom is 0.410 e. The Bertz CT molecular complexity index is 773. The van der Waals surface area contributed by atoms with Gasteiger partial charge in [-0.1, -0.05) is 24.8 Å². The lowest BCUT2D eigenvalue weighted by Gasteiger charge is -2.26. The predicted octanol–water partition coefficient (Wildman–Crippen LogP) is 5.84. The van der Waals surface area contributed by atoms with Crippen molar-refractivity contribution in [1.29, 1.82) is 0 Å². The standard InChI is InChI=1S/C26H41NO5/c1-10-30-19(2)21-14-11-13-20(17-21)18-22(23(28)31-25(3,4)5)15-12-16-27(9)24(29)32-26(6,7)8/h11,13-14,17,22H,2,10,12,15-16,18H2,1,3-9H3. The van der Waals surface area contributed by atoms with Crippen LogP contribution in [-0.2, 0) is 25.4 Å². The molecular formula is C26H41NO5. The van der Waals surface area contributed by atoms with Gasteiger partial charge in [-0.05, 0) is 79.4 Å². The third-order valence-corrected chi connectivity index (χ3v) is 4.54. The zero-order chi connectivity index (χ0) is 24.5. The summed E-state index contributed by atoms with van der Waals surface area (Å²) in [7, 11) is 1.71. The highest BCUT2D eigenvalue weighted by Crippen LogP contribution is 2.23. The summed E-state index contributed by atoms with van der Waals surface area (Å²) in [6.45, 7) is 18.0. The molecule has 0 aromatic heterocycles. The van der Waals surface area contributed by atoms with Crippen LogP contribution in [0.5, 0.6) is 0 Å². The first-order valence-corrected chi connectivity index (χ1v) is 11.3. The van der Waals surface area contributed by atoms with Crippen molar-refractivity contribution in [1.82, 2.24) is 4.90 Å². The number of rotatable bonds is 10. The minimum absolute atomic E-state index is 0.230. The second kappa shape index (κ2) is 11.9. The lowest BCUT2D eigenvalue weighted by molar-refractivity contribution is -0.160. The molecule has 1 amide bonds. The quantitative estimate of drug-likeness (QED) is 0.333. The Labute approximate surface area is 193 Å². The van der Waals surface area contributed by atoms with Crippen LogP contribution in [0.2, 0.25) is 0 Å². The molecule has 0 fully saturated rings. The second-order valence-corrected chi connectivity index (χ2v) is 10.0. The van der Waals surface area contributed by atoms with Crippen molar-refractivity contribution in [2.45, 2.75) is 78.9 Å². The zero-order valence-electron chi connectivity index (χ0n) is 21.1. The molecule has 0 N–H and O–H groups in total. The Hall–Kier alpha value is -2.50. The lowest BCUT2D eigenvalue weighted by Crippen LogP contribution is -2.35. The second-order valence-electron chi connectivity index (χ2n) is 10.0. The van der Waals surface area contributed by atoms with Crippen LogP contribution >= 0.6 is 0 Å². The van der Waals surface area contributed by atoms with Gasteiger partial charge in [0.2, 0.25) is 0 Å². The van der Waals surface area contributed by atoms with Gasteiger partial charge in [-0.25, -0.2) is 4.79 Å². The predicted molar refractivity (Wildman–Crippen MR) is 128 cm³/mol. The molecule has 1 rings (SSSR count). The summed E-state index contributed by atoms with van der Waals surface area (Å²) >= 11 is 0. The van der Waals surface area contributed by atoms with Gasteiger partial charge in [-0.15, -0.1) is 0 Å². The van der Waals surface area contributed by atoms with Crippen LogP contribution in [0.4, 0.5) is 4.79 Å². The number of esters is 1. The van der Waals surface area contributed by atoms with Crippen molar-refractivity contribution in [2.75, 3.05) is 20.2 Å². The van der Waals surface area contributed by atoms with E-state index < -0.39 is 11.2 Å². The van der Waals surface area contributed by atoms with Gasteiger partial charge in [-0.3, -0.25) is 4.79 Å². The van der Waals surface area contributed by atoms with Crippen LogP contribution in [-0.4, -0.2) is 48.4 Å². The maximum absolute atomic E-state index is 12.9. The molecule has 180 valence electrons. The number of hydrogen-bond acceptors (Lipinski definition) is 5. The van der Waals surface area contributed by atoms with Crippen LogP contribution in [0.1, 0.15) is 72.4 Å². The highest BCUT2D eigenvalue weighted by Gasteiger charge is 2.26. The van der Waals surface area contributed by atoms with E-state index in [1.54, 1.807) is 11.9 Å². The zero-order valence-corrected chi connectivity index (χ0v) is 21.1. The first-order chi connectivity index (χ1) is 14.7. The minimum Gasteiger partial charge on any atom is -0.494 e. The summed E-state index contributed by atoms with van der Waals surface area (Å²) in [6, 6.07) is 7.88. The Morgan fingerprint density at radius 2 is 1.69 bits per heavy atom. The molecule has 0 saturated carbocycles. The molecule has 1 aromatic carbocycles. The number of carbonyl (C=O) groups is 2. The van der Waals surface area contributed by atoms with Crippen LogP contribution in [0.15, 0.2) is 30.8 Å². The Morgan fingerprint density at radius 3 is 2.25 bits per heavy atom. The van der Waals surface area contributed by atoms with E-state index in [1.165, 1.54) is 0 Å². The molecule has 0 radical (unpaired) electrons. The molecule has 1 unspecified atom stereocenters. The normalized spacial score (nSPS) is 12.6. The van der Waals surface area contributed by atoms with E-state index >= 15 is 0 Å². The molecule has 0 aliphatic rings. The lowest BCUT2D eigenvalue weighted by atomic mass is 9.93. The SMILES string of the molecule is C=C(OCC)c1cccc(CC(CCCN(C)C(=O)OC(C)(C)C)C(=O)OC(C)(C)C)c1. The molecular weight excluding hydrogens is 406 g/mol. The molecule has 0 saturated heterocycles. The highest BCUT2D eigenvalue weighted by atomic mass is 16.6. The maximum atomic E-state index is 12.9. The van der Waals surface area contributed by atoms with E-state index in [4.69, 9.17) is 14.2 Å². The van der Waals surface area contributed by atoms with E-state index in [0.29, 0.717) is 38.2 Å².